The van der Waals surface area contributed by atoms with Crippen LogP contribution in [0.25, 0.3) is 0 Å². The van der Waals surface area contributed by atoms with Crippen molar-refractivity contribution in [3.63, 3.8) is 0 Å². The number of hydrogen-bond acceptors (Lipinski definition) is 4. The molecule has 182 valence electrons. The van der Waals surface area contributed by atoms with Crippen molar-refractivity contribution in [3.05, 3.63) is 0 Å². The van der Waals surface area contributed by atoms with Gasteiger partial charge in [-0.25, -0.2) is 0 Å². The molecule has 0 aliphatic heterocycles. The van der Waals surface area contributed by atoms with E-state index in [-0.39, 0.29) is 0 Å². The van der Waals surface area contributed by atoms with Gasteiger partial charge < -0.3 is 24.6 Å². The number of carboxylic acid groups (broad SMARTS) is 3. The highest BCUT2D eigenvalue weighted by Gasteiger charge is 2.30. The number of carbonyl (C=O) groups is 3. The minimum atomic E-state index is -1.08. The maximum atomic E-state index is 11.3. The van der Waals surface area contributed by atoms with Crippen molar-refractivity contribution >= 4 is 17.9 Å². The first-order chi connectivity index (χ1) is 14.5. The predicted molar refractivity (Wildman–Crippen MR) is 119 cm³/mol. The number of nitrogens with zero attached hydrogens (tertiary/aromatic N) is 1. The van der Waals surface area contributed by atoms with Gasteiger partial charge in [-0.2, -0.15) is 0 Å². The minimum Gasteiger partial charge on any atom is -0.550 e. The number of rotatable bonds is 20. The van der Waals surface area contributed by atoms with E-state index < -0.39 is 35.7 Å². The Kier molecular flexibility index (Phi) is 15.2. The number of quaternary nitrogens is 1. The van der Waals surface area contributed by atoms with Gasteiger partial charge in [-0.05, 0) is 12.8 Å². The summed E-state index contributed by atoms with van der Waals surface area (Å²) in [6, 6.07) is 0. The quantitative estimate of drug-likeness (QED) is 0.220. The van der Waals surface area contributed by atoms with Gasteiger partial charge in [-0.1, -0.05) is 59.8 Å². The third-order valence-electron chi connectivity index (χ3n) is 6.59. The Morgan fingerprint density at radius 2 is 1.06 bits per heavy atom. The van der Waals surface area contributed by atoms with E-state index in [9.17, 15) is 29.7 Å². The lowest BCUT2D eigenvalue weighted by Gasteiger charge is -2.41. The van der Waals surface area contributed by atoms with Crippen LogP contribution in [0.3, 0.4) is 0 Å². The SMILES string of the molecule is CCCCCCCCC[N+](CCC(C)C(=O)[O-])(CCC(C)C(=O)O)CCC(C)C(=O)O. The first kappa shape index (κ1) is 29.4. The van der Waals surface area contributed by atoms with E-state index in [0.717, 1.165) is 25.8 Å². The summed E-state index contributed by atoms with van der Waals surface area (Å²) in [6.07, 6.45) is 9.57. The number of carboxylic acids is 3. The molecule has 7 heteroatoms. The number of carbonyl (C=O) groups excluding carboxylic acids is 1. The average Bonchev–Trinajstić information content (AvgIpc) is 2.72. The maximum absolute atomic E-state index is 11.3. The van der Waals surface area contributed by atoms with Crippen LogP contribution in [-0.2, 0) is 14.4 Å². The number of aliphatic carboxylic acids is 3. The molecule has 0 fully saturated rings. The van der Waals surface area contributed by atoms with E-state index in [1.54, 1.807) is 20.8 Å². The highest BCUT2D eigenvalue weighted by Crippen LogP contribution is 2.21. The first-order valence-electron chi connectivity index (χ1n) is 12.1. The summed E-state index contributed by atoms with van der Waals surface area (Å²) in [5.41, 5.74) is 0. The van der Waals surface area contributed by atoms with Crippen molar-refractivity contribution in [2.45, 2.75) is 91.9 Å². The van der Waals surface area contributed by atoms with Gasteiger partial charge in [-0.15, -0.1) is 0 Å². The zero-order valence-electron chi connectivity index (χ0n) is 20.1. The lowest BCUT2D eigenvalue weighted by Crippen LogP contribution is -2.52. The summed E-state index contributed by atoms with van der Waals surface area (Å²) in [6.45, 7) is 9.87. The topological polar surface area (TPSA) is 115 Å². The summed E-state index contributed by atoms with van der Waals surface area (Å²) in [4.78, 5) is 33.9. The first-order valence-corrected chi connectivity index (χ1v) is 12.1. The second kappa shape index (κ2) is 16.1. The molecular formula is C24H45NO6. The van der Waals surface area contributed by atoms with Crippen LogP contribution < -0.4 is 5.11 Å². The van der Waals surface area contributed by atoms with Crippen molar-refractivity contribution in [2.24, 2.45) is 17.8 Å². The summed E-state index contributed by atoms with van der Waals surface area (Å²) < 4.78 is 0.585. The van der Waals surface area contributed by atoms with Crippen molar-refractivity contribution in [1.29, 1.82) is 0 Å². The minimum absolute atomic E-state index is 0.446. The molecule has 0 aliphatic carbocycles. The van der Waals surface area contributed by atoms with E-state index in [4.69, 9.17) is 0 Å². The molecule has 0 spiro atoms. The molecule has 7 nitrogen and oxygen atoms in total. The highest BCUT2D eigenvalue weighted by molar-refractivity contribution is 5.69. The highest BCUT2D eigenvalue weighted by atomic mass is 16.4. The lowest BCUT2D eigenvalue weighted by molar-refractivity contribution is -0.929. The largest absolute Gasteiger partial charge is 0.550 e. The molecule has 0 amide bonds. The van der Waals surface area contributed by atoms with Gasteiger partial charge in [0.1, 0.15) is 0 Å². The monoisotopic (exact) mass is 443 g/mol. The molecule has 2 N–H and O–H groups in total. The van der Waals surface area contributed by atoms with Gasteiger partial charge in [-0.3, -0.25) is 9.59 Å². The van der Waals surface area contributed by atoms with E-state index in [1.807, 2.05) is 0 Å². The molecule has 0 aliphatic rings. The molecule has 0 aromatic carbocycles. The molecule has 0 radical (unpaired) electrons. The summed E-state index contributed by atoms with van der Waals surface area (Å²) in [5.74, 6) is -4.30. The molecule has 0 aromatic heterocycles. The standard InChI is InChI=1S/C24H45NO6/c1-5-6-7-8-9-10-11-15-25(16-12-19(2)22(26)27,17-13-20(3)23(28)29)18-14-21(4)24(30)31/h19-21H,5-18H2,1-4H3,(H2-,26,27,28,29,30,31). The zero-order chi connectivity index (χ0) is 23.9. The number of hydrogen-bond donors (Lipinski definition) is 2. The molecule has 0 heterocycles. The smallest absolute Gasteiger partial charge is 0.306 e. The Morgan fingerprint density at radius 3 is 1.45 bits per heavy atom. The third-order valence-corrected chi connectivity index (χ3v) is 6.59. The Hall–Kier alpha value is -1.63. The zero-order valence-corrected chi connectivity index (χ0v) is 20.1. The van der Waals surface area contributed by atoms with Crippen LogP contribution in [0, 0.1) is 17.8 Å². The van der Waals surface area contributed by atoms with E-state index in [1.165, 1.54) is 25.7 Å². The fourth-order valence-corrected chi connectivity index (χ4v) is 3.84. The van der Waals surface area contributed by atoms with Crippen LogP contribution in [-0.4, -0.2) is 58.8 Å². The molecule has 31 heavy (non-hydrogen) atoms. The van der Waals surface area contributed by atoms with E-state index in [0.29, 0.717) is 43.4 Å². The van der Waals surface area contributed by atoms with Gasteiger partial charge in [0.2, 0.25) is 0 Å². The van der Waals surface area contributed by atoms with Gasteiger partial charge in [0.25, 0.3) is 0 Å². The van der Waals surface area contributed by atoms with Crippen molar-refractivity contribution in [2.75, 3.05) is 26.2 Å². The Bertz CT molecular complexity index is 476. The van der Waals surface area contributed by atoms with Gasteiger partial charge in [0.05, 0.1) is 38.0 Å². The van der Waals surface area contributed by atoms with Crippen molar-refractivity contribution in [3.8, 4) is 0 Å². The molecule has 0 rings (SSSR count). The van der Waals surface area contributed by atoms with Crippen molar-refractivity contribution in [1.82, 2.24) is 0 Å². The molecule has 0 aromatic rings. The molecule has 3 unspecified atom stereocenters. The molecule has 0 saturated heterocycles. The predicted octanol–water partition coefficient (Wildman–Crippen LogP) is 3.55. The normalized spacial score (nSPS) is 16.3. The van der Waals surface area contributed by atoms with E-state index >= 15 is 0 Å². The molecule has 3 atom stereocenters. The second-order valence-electron chi connectivity index (χ2n) is 9.42. The van der Waals surface area contributed by atoms with Gasteiger partial charge in [0.15, 0.2) is 0 Å². The molecule has 0 saturated carbocycles. The van der Waals surface area contributed by atoms with Gasteiger partial charge >= 0.3 is 11.9 Å². The lowest BCUT2D eigenvalue weighted by atomic mass is 10.0. The third kappa shape index (κ3) is 13.4. The summed E-state index contributed by atoms with van der Waals surface area (Å²) in [5, 5.41) is 29.9. The summed E-state index contributed by atoms with van der Waals surface area (Å²) >= 11 is 0. The van der Waals surface area contributed by atoms with Crippen LogP contribution in [0.5, 0.6) is 0 Å². The molecular weight excluding hydrogens is 398 g/mol. The average molecular weight is 444 g/mol. The molecule has 0 bridgehead atoms. The summed E-state index contributed by atoms with van der Waals surface area (Å²) in [7, 11) is 0. The fraction of sp³-hybridized carbons (Fsp3) is 0.875. The number of unbranched alkanes of at least 4 members (excludes halogenated alkanes) is 6. The Morgan fingerprint density at radius 1 is 0.677 bits per heavy atom. The van der Waals surface area contributed by atoms with Crippen LogP contribution in [0.15, 0.2) is 0 Å². The maximum Gasteiger partial charge on any atom is 0.306 e. The van der Waals surface area contributed by atoms with Crippen LogP contribution >= 0.6 is 0 Å². The van der Waals surface area contributed by atoms with Gasteiger partial charge in [0, 0.05) is 31.1 Å². The fourth-order valence-electron chi connectivity index (χ4n) is 3.84. The Labute approximate surface area is 188 Å². The Balaban J connectivity index is 5.24. The second-order valence-corrected chi connectivity index (χ2v) is 9.42. The van der Waals surface area contributed by atoms with Crippen LogP contribution in [0.2, 0.25) is 0 Å². The van der Waals surface area contributed by atoms with Crippen molar-refractivity contribution < 1.29 is 34.2 Å². The van der Waals surface area contributed by atoms with Crippen LogP contribution in [0.1, 0.15) is 91.9 Å². The van der Waals surface area contributed by atoms with Crippen LogP contribution in [0.4, 0.5) is 0 Å². The van der Waals surface area contributed by atoms with E-state index in [2.05, 4.69) is 6.92 Å².